The molecule has 2 heterocycles. The van der Waals surface area contributed by atoms with Gasteiger partial charge in [0.2, 0.25) is 23.6 Å². The van der Waals surface area contributed by atoms with Crippen molar-refractivity contribution in [1.82, 2.24) is 20.9 Å². The second-order valence-electron chi connectivity index (χ2n) is 11.9. The molecule has 2 saturated heterocycles. The minimum Gasteiger partial charge on any atom is -0.497 e. The molecule has 3 aliphatic rings. The molecular weight excluding hydrogens is 566 g/mol. The van der Waals surface area contributed by atoms with Crippen molar-refractivity contribution in [2.45, 2.75) is 75.6 Å². The maximum absolute atomic E-state index is 13.9. The van der Waals surface area contributed by atoms with Gasteiger partial charge in [-0.2, -0.15) is 0 Å². The zero-order valence-corrected chi connectivity index (χ0v) is 25.0. The highest BCUT2D eigenvalue weighted by atomic mass is 19.3. The third-order valence-electron chi connectivity index (χ3n) is 8.28. The Morgan fingerprint density at radius 2 is 1.70 bits per heavy atom. The van der Waals surface area contributed by atoms with Crippen molar-refractivity contribution >= 4 is 23.5 Å². The Morgan fingerprint density at radius 1 is 1.05 bits per heavy atom. The Hall–Kier alpha value is -3.16. The van der Waals surface area contributed by atoms with Crippen molar-refractivity contribution in [2.75, 3.05) is 46.6 Å². The van der Waals surface area contributed by atoms with E-state index in [2.05, 4.69) is 16.0 Å². The van der Waals surface area contributed by atoms with Crippen LogP contribution in [0, 0.1) is 5.92 Å². The summed E-state index contributed by atoms with van der Waals surface area (Å²) < 4.78 is 43.7. The van der Waals surface area contributed by atoms with Crippen LogP contribution in [-0.4, -0.2) is 105 Å². The van der Waals surface area contributed by atoms with Gasteiger partial charge in [-0.1, -0.05) is 12.1 Å². The van der Waals surface area contributed by atoms with Gasteiger partial charge in [-0.05, 0) is 50.3 Å². The van der Waals surface area contributed by atoms with Gasteiger partial charge in [0.15, 0.2) is 5.78 Å². The topological polar surface area (TPSA) is 139 Å². The van der Waals surface area contributed by atoms with Crippen molar-refractivity contribution in [3.63, 3.8) is 0 Å². The van der Waals surface area contributed by atoms with Gasteiger partial charge in [0.05, 0.1) is 39.5 Å². The van der Waals surface area contributed by atoms with Crippen LogP contribution in [0.4, 0.5) is 8.78 Å². The largest absolute Gasteiger partial charge is 0.497 e. The first kappa shape index (κ1) is 32.7. The summed E-state index contributed by atoms with van der Waals surface area (Å²) in [6, 6.07) is 3.82. The van der Waals surface area contributed by atoms with E-state index in [0.717, 1.165) is 0 Å². The van der Waals surface area contributed by atoms with Gasteiger partial charge in [0.25, 0.3) is 0 Å². The van der Waals surface area contributed by atoms with Crippen LogP contribution in [0.1, 0.15) is 45.1 Å². The zero-order chi connectivity index (χ0) is 31.2. The quantitative estimate of drug-likeness (QED) is 0.268. The second-order valence-corrected chi connectivity index (χ2v) is 11.9. The molecule has 0 radical (unpaired) electrons. The summed E-state index contributed by atoms with van der Waals surface area (Å²) in [7, 11) is 1.53. The molecule has 3 amide bonds. The Labute approximate surface area is 250 Å². The average Bonchev–Trinajstić information content (AvgIpc) is 3.64. The molecule has 1 aromatic rings. The minimum absolute atomic E-state index is 0.0519. The molecule has 3 fully saturated rings. The number of benzene rings is 1. The number of hydrogen-bond acceptors (Lipinski definition) is 8. The number of nitrogens with zero attached hydrogens (tertiary/aromatic N) is 1. The molecule has 0 bridgehead atoms. The predicted octanol–water partition coefficient (Wildman–Crippen LogP) is 1.23. The van der Waals surface area contributed by atoms with Crippen LogP contribution < -0.4 is 20.7 Å². The fraction of sp³-hybridized carbons (Fsp3) is 0.667. The lowest BCUT2D eigenvalue weighted by Gasteiger charge is -2.27. The highest BCUT2D eigenvalue weighted by Gasteiger charge is 2.51. The number of morpholine rings is 1. The summed E-state index contributed by atoms with van der Waals surface area (Å²) in [5.41, 5.74) is -0.367. The van der Waals surface area contributed by atoms with Crippen LogP contribution >= 0.6 is 0 Å². The number of amides is 3. The Morgan fingerprint density at radius 3 is 2.28 bits per heavy atom. The number of alkyl halides is 2. The number of nitrogens with one attached hydrogen (secondary N) is 3. The van der Waals surface area contributed by atoms with Crippen LogP contribution in [-0.2, 0) is 35.1 Å². The maximum atomic E-state index is 13.9. The Bertz CT molecular complexity index is 1160. The fourth-order valence-electron chi connectivity index (χ4n) is 5.52. The summed E-state index contributed by atoms with van der Waals surface area (Å²) in [6.45, 7) is 5.71. The number of hydrogen-bond donors (Lipinski definition) is 3. The molecule has 13 heteroatoms. The van der Waals surface area contributed by atoms with E-state index in [1.54, 1.807) is 31.2 Å². The van der Waals surface area contributed by atoms with Gasteiger partial charge in [-0.25, -0.2) is 8.78 Å². The van der Waals surface area contributed by atoms with Gasteiger partial charge in [0.1, 0.15) is 23.4 Å². The molecule has 1 aromatic carbocycles. The lowest BCUT2D eigenvalue weighted by atomic mass is 9.90. The van der Waals surface area contributed by atoms with Crippen LogP contribution in [0.2, 0.25) is 0 Å². The summed E-state index contributed by atoms with van der Waals surface area (Å²) in [5, 5.41) is 8.13. The second kappa shape index (κ2) is 14.1. The van der Waals surface area contributed by atoms with E-state index in [4.69, 9.17) is 14.2 Å². The molecule has 5 atom stereocenters. The first-order valence-corrected chi connectivity index (χ1v) is 14.8. The monoisotopic (exact) mass is 608 g/mol. The first-order chi connectivity index (χ1) is 20.4. The smallest absolute Gasteiger partial charge is 0.248 e. The minimum atomic E-state index is -2.80. The number of carbonyl (C=O) groups is 4. The van der Waals surface area contributed by atoms with E-state index < -0.39 is 47.4 Å². The normalized spacial score (nSPS) is 25.2. The molecular formula is C30H42F2N4O7. The number of ketones is 1. The third-order valence-corrected chi connectivity index (χ3v) is 8.28. The zero-order valence-electron chi connectivity index (χ0n) is 25.0. The SMILES string of the molecule is COc1ccc(CC(NC(=O)C(C)NC(=O)CN2CCOCC2)C(=O)NC(CC2CCC(F)(F)C2)C(=O)C2(C)CO2)cc1. The molecule has 1 saturated carbocycles. The van der Waals surface area contributed by atoms with Crippen molar-refractivity contribution in [3.05, 3.63) is 29.8 Å². The Balaban J connectivity index is 1.45. The van der Waals surface area contributed by atoms with Crippen LogP contribution in [0.3, 0.4) is 0 Å². The van der Waals surface area contributed by atoms with Gasteiger partial charge in [0, 0.05) is 32.4 Å². The number of epoxide rings is 1. The molecule has 43 heavy (non-hydrogen) atoms. The van der Waals surface area contributed by atoms with E-state index in [1.165, 1.54) is 14.0 Å². The molecule has 3 N–H and O–H groups in total. The van der Waals surface area contributed by atoms with E-state index in [-0.39, 0.29) is 56.9 Å². The lowest BCUT2D eigenvalue weighted by molar-refractivity contribution is -0.134. The number of methoxy groups -OCH3 is 1. The van der Waals surface area contributed by atoms with E-state index in [9.17, 15) is 28.0 Å². The van der Waals surface area contributed by atoms with Gasteiger partial charge in [-0.15, -0.1) is 0 Å². The highest BCUT2D eigenvalue weighted by molar-refractivity contribution is 5.98. The van der Waals surface area contributed by atoms with E-state index >= 15 is 0 Å². The van der Waals surface area contributed by atoms with Gasteiger partial charge < -0.3 is 30.2 Å². The molecule has 0 spiro atoms. The Kier molecular flexibility index (Phi) is 10.7. The van der Waals surface area contributed by atoms with Gasteiger partial charge >= 0.3 is 0 Å². The van der Waals surface area contributed by atoms with Gasteiger partial charge in [-0.3, -0.25) is 24.1 Å². The number of halogens is 2. The lowest BCUT2D eigenvalue weighted by Crippen LogP contribution is -2.57. The summed E-state index contributed by atoms with van der Waals surface area (Å²) >= 11 is 0. The highest BCUT2D eigenvalue weighted by Crippen LogP contribution is 2.41. The van der Waals surface area contributed by atoms with E-state index in [1.807, 2.05) is 4.90 Å². The number of ether oxygens (including phenoxy) is 3. The summed E-state index contributed by atoms with van der Waals surface area (Å²) in [6.07, 6.45) is -0.232. The van der Waals surface area contributed by atoms with Crippen molar-refractivity contribution < 1.29 is 42.2 Å². The summed E-state index contributed by atoms with van der Waals surface area (Å²) in [4.78, 5) is 54.6. The molecule has 1 aliphatic carbocycles. The van der Waals surface area contributed by atoms with Crippen molar-refractivity contribution in [2.24, 2.45) is 5.92 Å². The molecule has 11 nitrogen and oxygen atoms in total. The third kappa shape index (κ3) is 9.41. The number of Topliss-reactive ketones (excluding diaryl/α,β-unsaturated/α-hetero) is 1. The molecule has 238 valence electrons. The molecule has 4 rings (SSSR count). The van der Waals surface area contributed by atoms with Crippen LogP contribution in [0.25, 0.3) is 0 Å². The molecule has 2 aliphatic heterocycles. The predicted molar refractivity (Wildman–Crippen MR) is 152 cm³/mol. The van der Waals surface area contributed by atoms with Crippen LogP contribution in [0.5, 0.6) is 5.75 Å². The maximum Gasteiger partial charge on any atom is 0.248 e. The fourth-order valence-corrected chi connectivity index (χ4v) is 5.52. The molecule has 0 aromatic heterocycles. The van der Waals surface area contributed by atoms with Crippen molar-refractivity contribution in [1.29, 1.82) is 0 Å². The van der Waals surface area contributed by atoms with E-state index in [0.29, 0.717) is 37.6 Å². The van der Waals surface area contributed by atoms with Crippen molar-refractivity contribution in [3.8, 4) is 5.75 Å². The average molecular weight is 609 g/mol. The number of rotatable bonds is 14. The standard InChI is InChI=1S/C30H42F2N4O7/c1-19(33-25(37)17-36-10-12-42-13-11-36)27(39)35-24(14-20-4-6-22(41-3)7-5-20)28(40)34-23(26(38)29(2)18-43-29)15-21-8-9-30(31,32)16-21/h4-7,19,21,23-24H,8-18H2,1-3H3,(H,33,37)(H,34,40)(H,35,39). The first-order valence-electron chi connectivity index (χ1n) is 14.8. The summed E-state index contributed by atoms with van der Waals surface area (Å²) in [5.74, 6) is -4.56. The van der Waals surface area contributed by atoms with Crippen LogP contribution in [0.15, 0.2) is 24.3 Å². The number of carbonyl (C=O) groups excluding carboxylic acids is 4. The molecule has 5 unspecified atom stereocenters.